The summed E-state index contributed by atoms with van der Waals surface area (Å²) in [6.45, 7) is 6.27. The number of carbonyl (C=O) groups is 1. The molecule has 4 aromatic rings. The van der Waals surface area contributed by atoms with Crippen molar-refractivity contribution in [2.75, 3.05) is 29.9 Å². The van der Waals surface area contributed by atoms with E-state index in [2.05, 4.69) is 40.3 Å². The number of nitrogens with one attached hydrogen (secondary N) is 1. The van der Waals surface area contributed by atoms with Gasteiger partial charge in [-0.1, -0.05) is 36.5 Å². The second-order valence-corrected chi connectivity index (χ2v) is 9.55. The zero-order chi connectivity index (χ0) is 22.1. The molecule has 1 aliphatic rings. The fourth-order valence-electron chi connectivity index (χ4n) is 4.18. The van der Waals surface area contributed by atoms with E-state index in [1.165, 1.54) is 29.7 Å². The number of benzene rings is 2. The molecule has 0 bridgehead atoms. The number of anilines is 2. The predicted octanol–water partition coefficient (Wildman–Crippen LogP) is 5.41. The van der Waals surface area contributed by atoms with Crippen molar-refractivity contribution in [3.05, 3.63) is 54.1 Å². The smallest absolute Gasteiger partial charge is 0.264 e. The van der Waals surface area contributed by atoms with Crippen LogP contribution in [0.2, 0.25) is 0 Å². The van der Waals surface area contributed by atoms with Crippen LogP contribution in [0.15, 0.2) is 48.5 Å². The lowest BCUT2D eigenvalue weighted by Crippen LogP contribution is -2.34. The fourth-order valence-corrected chi connectivity index (χ4v) is 5.16. The lowest BCUT2D eigenvalue weighted by molar-refractivity contribution is -0.118. The van der Waals surface area contributed by atoms with Gasteiger partial charge in [-0.05, 0) is 61.6 Å². The minimum atomic E-state index is -0.237. The summed E-state index contributed by atoms with van der Waals surface area (Å²) in [5, 5.41) is 4.43. The number of rotatable bonds is 5. The number of pyridine rings is 1. The molecule has 1 N–H and O–H groups in total. The zero-order valence-electron chi connectivity index (χ0n) is 18.3. The van der Waals surface area contributed by atoms with Crippen LogP contribution in [-0.2, 0) is 4.79 Å². The Morgan fingerprint density at radius 3 is 3.00 bits per heavy atom. The monoisotopic (exact) mass is 446 g/mol. The highest BCUT2D eigenvalue weighted by Gasteiger charge is 2.18. The topological polar surface area (TPSA) is 67.3 Å². The number of para-hydroxylation sites is 1. The number of hydrogen-bond donors (Lipinski definition) is 1. The normalized spacial score (nSPS) is 16.4. The van der Waals surface area contributed by atoms with E-state index in [1.807, 2.05) is 37.3 Å². The first-order chi connectivity index (χ1) is 15.5. The summed E-state index contributed by atoms with van der Waals surface area (Å²) in [7, 11) is 0. The molecule has 5 rings (SSSR count). The molecule has 0 spiro atoms. The van der Waals surface area contributed by atoms with E-state index < -0.39 is 0 Å². The van der Waals surface area contributed by atoms with Gasteiger partial charge in [-0.15, -0.1) is 0 Å². The van der Waals surface area contributed by atoms with Crippen molar-refractivity contribution in [2.24, 2.45) is 5.92 Å². The summed E-state index contributed by atoms with van der Waals surface area (Å²) >= 11 is 1.47. The minimum Gasteiger partial charge on any atom is -0.481 e. The zero-order valence-corrected chi connectivity index (χ0v) is 19.1. The van der Waals surface area contributed by atoms with Crippen LogP contribution in [-0.4, -0.2) is 35.6 Å². The van der Waals surface area contributed by atoms with Gasteiger partial charge in [0.05, 0.1) is 10.2 Å². The van der Waals surface area contributed by atoms with Gasteiger partial charge in [0.1, 0.15) is 17.1 Å². The van der Waals surface area contributed by atoms with Crippen LogP contribution in [0.4, 0.5) is 10.9 Å². The van der Waals surface area contributed by atoms with Crippen molar-refractivity contribution in [1.29, 1.82) is 0 Å². The maximum Gasteiger partial charge on any atom is 0.264 e. The molecule has 1 fully saturated rings. The van der Waals surface area contributed by atoms with Crippen LogP contribution in [0, 0.1) is 12.8 Å². The van der Waals surface area contributed by atoms with Gasteiger partial charge in [0.2, 0.25) is 0 Å². The number of piperidine rings is 1. The van der Waals surface area contributed by atoms with E-state index in [9.17, 15) is 4.79 Å². The van der Waals surface area contributed by atoms with Crippen molar-refractivity contribution < 1.29 is 9.53 Å². The quantitative estimate of drug-likeness (QED) is 0.444. The molecular weight excluding hydrogens is 420 g/mol. The van der Waals surface area contributed by atoms with Gasteiger partial charge < -0.3 is 9.64 Å². The van der Waals surface area contributed by atoms with Gasteiger partial charge in [-0.3, -0.25) is 10.1 Å². The lowest BCUT2D eigenvalue weighted by atomic mass is 10.0. The number of fused-ring (bicyclic) bond motifs is 2. The van der Waals surface area contributed by atoms with Crippen molar-refractivity contribution in [3.63, 3.8) is 0 Å². The second kappa shape index (κ2) is 8.74. The van der Waals surface area contributed by atoms with Crippen molar-refractivity contribution in [2.45, 2.75) is 26.7 Å². The number of carbonyl (C=O) groups excluding carboxylic acids is 1. The fraction of sp³-hybridized carbons (Fsp3) is 0.320. The molecule has 0 aliphatic carbocycles. The van der Waals surface area contributed by atoms with E-state index in [-0.39, 0.29) is 12.5 Å². The summed E-state index contributed by atoms with van der Waals surface area (Å²) in [4.78, 5) is 24.2. The van der Waals surface area contributed by atoms with Crippen molar-refractivity contribution >= 4 is 49.3 Å². The average Bonchev–Trinajstić information content (AvgIpc) is 3.18. The number of thiazole rings is 1. The molecule has 32 heavy (non-hydrogen) atoms. The molecule has 1 amide bonds. The number of ether oxygens (including phenoxy) is 1. The molecule has 1 aliphatic heterocycles. The van der Waals surface area contributed by atoms with E-state index >= 15 is 0 Å². The number of amides is 1. The Morgan fingerprint density at radius 2 is 2.12 bits per heavy atom. The molecule has 0 radical (unpaired) electrons. The third-order valence-corrected chi connectivity index (χ3v) is 6.73. The molecule has 3 heterocycles. The summed E-state index contributed by atoms with van der Waals surface area (Å²) in [6.07, 6.45) is 2.45. The minimum absolute atomic E-state index is 0.0965. The molecular formula is C25H26N4O2S. The van der Waals surface area contributed by atoms with Gasteiger partial charge in [0.25, 0.3) is 5.91 Å². The van der Waals surface area contributed by atoms with Crippen LogP contribution in [0.3, 0.4) is 0 Å². The first-order valence-corrected chi connectivity index (χ1v) is 11.8. The Hall–Kier alpha value is -3.19. The Labute approximate surface area is 191 Å². The Kier molecular flexibility index (Phi) is 5.66. The standard InChI is InChI=1S/C25H26N4O2S/c1-16-8-10-19-21(13-16)32-25(26-19)28-23(30)15-31-20-7-3-6-18-9-11-22(27-24(18)20)29-12-4-5-17(2)14-29/h3,6-11,13,17H,4-5,12,14-15H2,1-2H3,(H,26,28,30). The van der Waals surface area contributed by atoms with Crippen LogP contribution >= 0.6 is 11.3 Å². The van der Waals surface area contributed by atoms with Gasteiger partial charge in [-0.2, -0.15) is 0 Å². The Bertz CT molecular complexity index is 1290. The van der Waals surface area contributed by atoms with Crippen LogP contribution < -0.4 is 15.0 Å². The SMILES string of the molecule is Cc1ccc2nc(NC(=O)COc3cccc4ccc(N5CCCC(C)C5)nc34)sc2c1. The first kappa shape index (κ1) is 20.7. The average molecular weight is 447 g/mol. The number of aromatic nitrogens is 2. The molecule has 164 valence electrons. The summed E-state index contributed by atoms with van der Waals surface area (Å²) in [5.74, 6) is 2.01. The molecule has 2 aromatic carbocycles. The van der Waals surface area contributed by atoms with Crippen LogP contribution in [0.5, 0.6) is 5.75 Å². The number of nitrogens with zero attached hydrogens (tertiary/aromatic N) is 3. The number of aryl methyl sites for hydroxylation is 1. The summed E-state index contributed by atoms with van der Waals surface area (Å²) in [6, 6.07) is 16.0. The van der Waals surface area contributed by atoms with Crippen molar-refractivity contribution in [3.8, 4) is 5.75 Å². The molecule has 1 unspecified atom stereocenters. The summed E-state index contributed by atoms with van der Waals surface area (Å²) < 4.78 is 6.95. The van der Waals surface area contributed by atoms with Crippen molar-refractivity contribution in [1.82, 2.24) is 9.97 Å². The van der Waals surface area contributed by atoms with Gasteiger partial charge in [0.15, 0.2) is 11.7 Å². The highest BCUT2D eigenvalue weighted by Crippen LogP contribution is 2.29. The highest BCUT2D eigenvalue weighted by atomic mass is 32.1. The molecule has 7 heteroatoms. The third-order valence-electron chi connectivity index (χ3n) is 5.80. The molecule has 1 atom stereocenters. The second-order valence-electron chi connectivity index (χ2n) is 8.52. The molecule has 2 aromatic heterocycles. The molecule has 0 saturated carbocycles. The van der Waals surface area contributed by atoms with Crippen LogP contribution in [0.25, 0.3) is 21.1 Å². The van der Waals surface area contributed by atoms with Gasteiger partial charge >= 0.3 is 0 Å². The van der Waals surface area contributed by atoms with Gasteiger partial charge in [-0.25, -0.2) is 9.97 Å². The largest absolute Gasteiger partial charge is 0.481 e. The Balaban J connectivity index is 1.30. The maximum absolute atomic E-state index is 12.5. The summed E-state index contributed by atoms with van der Waals surface area (Å²) in [5.41, 5.74) is 2.84. The van der Waals surface area contributed by atoms with E-state index in [1.54, 1.807) is 0 Å². The highest BCUT2D eigenvalue weighted by molar-refractivity contribution is 7.22. The Morgan fingerprint density at radius 1 is 1.22 bits per heavy atom. The predicted molar refractivity (Wildman–Crippen MR) is 131 cm³/mol. The van der Waals surface area contributed by atoms with Crippen LogP contribution in [0.1, 0.15) is 25.3 Å². The number of hydrogen-bond acceptors (Lipinski definition) is 6. The third kappa shape index (κ3) is 4.39. The van der Waals surface area contributed by atoms with E-state index in [0.717, 1.165) is 40.0 Å². The van der Waals surface area contributed by atoms with E-state index in [4.69, 9.17) is 9.72 Å². The lowest BCUT2D eigenvalue weighted by Gasteiger charge is -2.32. The molecule has 6 nitrogen and oxygen atoms in total. The van der Waals surface area contributed by atoms with Gasteiger partial charge in [0, 0.05) is 18.5 Å². The van der Waals surface area contributed by atoms with E-state index in [0.29, 0.717) is 16.8 Å². The maximum atomic E-state index is 12.5. The molecule has 1 saturated heterocycles. The first-order valence-electron chi connectivity index (χ1n) is 11.0.